The first-order valence-corrected chi connectivity index (χ1v) is 7.86. The molecule has 0 bridgehead atoms. The van der Waals surface area contributed by atoms with Gasteiger partial charge in [-0.2, -0.15) is 0 Å². The van der Waals surface area contributed by atoms with Crippen LogP contribution in [0.5, 0.6) is 5.75 Å². The minimum absolute atomic E-state index is 0.248. The minimum Gasteiger partial charge on any atom is -0.495 e. The van der Waals surface area contributed by atoms with Gasteiger partial charge in [-0.3, -0.25) is 4.79 Å². The number of ether oxygens (including phenoxy) is 1. The number of nitrogens with one attached hydrogen (secondary N) is 1. The molecule has 0 unspecified atom stereocenters. The summed E-state index contributed by atoms with van der Waals surface area (Å²) in [6.07, 6.45) is 0. The summed E-state index contributed by atoms with van der Waals surface area (Å²) in [7, 11) is 1.53. The predicted octanol–water partition coefficient (Wildman–Crippen LogP) is 5.17. The average Bonchev–Trinajstić information content (AvgIpc) is 2.45. The van der Waals surface area contributed by atoms with Crippen molar-refractivity contribution < 1.29 is 9.53 Å². The second-order valence-corrected chi connectivity index (χ2v) is 6.39. The quantitative estimate of drug-likeness (QED) is 0.675. The predicted molar refractivity (Wildman–Crippen MR) is 94.9 cm³/mol. The molecule has 0 radical (unpaired) electrons. The van der Waals surface area contributed by atoms with E-state index in [4.69, 9.17) is 27.9 Å². The molecule has 0 saturated carbocycles. The number of hydrogen-bond donors (Lipinski definition) is 1. The Hall–Kier alpha value is -0.980. The van der Waals surface area contributed by atoms with E-state index in [2.05, 4.69) is 27.9 Å². The third-order valence-corrected chi connectivity index (χ3v) is 4.48. The number of carbonyl (C=O) groups is 1. The zero-order valence-electron chi connectivity index (χ0n) is 11.3. The molecule has 2 aromatic rings. The van der Waals surface area contributed by atoms with Crippen LogP contribution in [0.2, 0.25) is 10.0 Å². The van der Waals surface area contributed by atoms with Crippen molar-refractivity contribution in [2.75, 3.05) is 12.4 Å². The number of hydrogen-bond acceptors (Lipinski definition) is 2. The summed E-state index contributed by atoms with van der Waals surface area (Å²) in [6, 6.07) is 8.62. The van der Waals surface area contributed by atoms with E-state index in [1.54, 1.807) is 30.3 Å². The molecule has 0 spiro atoms. The van der Waals surface area contributed by atoms with Crippen molar-refractivity contribution in [2.24, 2.45) is 0 Å². The average molecular weight is 436 g/mol. The van der Waals surface area contributed by atoms with E-state index in [1.165, 1.54) is 7.11 Å². The molecule has 6 heteroatoms. The van der Waals surface area contributed by atoms with Crippen LogP contribution in [-0.4, -0.2) is 13.0 Å². The topological polar surface area (TPSA) is 38.3 Å². The van der Waals surface area contributed by atoms with E-state index in [9.17, 15) is 4.79 Å². The lowest BCUT2D eigenvalue weighted by molar-refractivity contribution is 0.102. The highest BCUT2D eigenvalue weighted by molar-refractivity contribution is 14.1. The summed E-state index contributed by atoms with van der Waals surface area (Å²) >= 11 is 14.1. The Morgan fingerprint density at radius 2 is 1.95 bits per heavy atom. The van der Waals surface area contributed by atoms with Crippen molar-refractivity contribution in [3.63, 3.8) is 0 Å². The molecular weight excluding hydrogens is 424 g/mol. The molecule has 1 amide bonds. The van der Waals surface area contributed by atoms with E-state index >= 15 is 0 Å². The Labute approximate surface area is 146 Å². The van der Waals surface area contributed by atoms with Gasteiger partial charge in [0.1, 0.15) is 5.75 Å². The molecule has 0 aliphatic rings. The minimum atomic E-state index is -0.248. The summed E-state index contributed by atoms with van der Waals surface area (Å²) in [5, 5.41) is 3.93. The molecule has 3 nitrogen and oxygen atoms in total. The SMILES string of the molecule is COc1cc(Cl)c(C)cc1NC(=O)c1cc(Cl)ccc1I. The molecule has 110 valence electrons. The lowest BCUT2D eigenvalue weighted by atomic mass is 10.1. The van der Waals surface area contributed by atoms with Gasteiger partial charge in [0.25, 0.3) is 5.91 Å². The maximum absolute atomic E-state index is 12.4. The Balaban J connectivity index is 2.35. The fraction of sp³-hybridized carbons (Fsp3) is 0.133. The first-order valence-electron chi connectivity index (χ1n) is 6.03. The van der Waals surface area contributed by atoms with Crippen LogP contribution in [-0.2, 0) is 0 Å². The Bertz CT molecular complexity index is 704. The number of anilines is 1. The molecule has 0 aliphatic carbocycles. The molecule has 0 saturated heterocycles. The Morgan fingerprint density at radius 3 is 2.62 bits per heavy atom. The third-order valence-electron chi connectivity index (χ3n) is 2.90. The molecule has 21 heavy (non-hydrogen) atoms. The zero-order chi connectivity index (χ0) is 15.6. The van der Waals surface area contributed by atoms with E-state index < -0.39 is 0 Å². The molecule has 0 aromatic heterocycles. The highest BCUT2D eigenvalue weighted by atomic mass is 127. The van der Waals surface area contributed by atoms with E-state index in [0.29, 0.717) is 27.0 Å². The molecular formula is C15H12Cl2INO2. The maximum atomic E-state index is 12.4. The molecule has 0 aliphatic heterocycles. The van der Waals surface area contributed by atoms with Gasteiger partial charge >= 0.3 is 0 Å². The second-order valence-electron chi connectivity index (χ2n) is 4.38. The standard InChI is InChI=1S/C15H12Cl2INO2/c1-8-5-13(14(21-2)7-11(8)17)19-15(20)10-6-9(16)3-4-12(10)18/h3-7H,1-2H3,(H,19,20). The van der Waals surface area contributed by atoms with Crippen LogP contribution < -0.4 is 10.1 Å². The normalized spacial score (nSPS) is 10.3. The maximum Gasteiger partial charge on any atom is 0.256 e. The van der Waals surface area contributed by atoms with Crippen LogP contribution in [0.3, 0.4) is 0 Å². The van der Waals surface area contributed by atoms with Gasteiger partial charge in [-0.05, 0) is 59.3 Å². The van der Waals surface area contributed by atoms with Gasteiger partial charge in [-0.1, -0.05) is 23.2 Å². The van der Waals surface area contributed by atoms with E-state index in [-0.39, 0.29) is 5.91 Å². The van der Waals surface area contributed by atoms with E-state index in [1.807, 2.05) is 6.92 Å². The largest absolute Gasteiger partial charge is 0.495 e. The lowest BCUT2D eigenvalue weighted by Gasteiger charge is -2.13. The number of rotatable bonds is 3. The number of amides is 1. The van der Waals surface area contributed by atoms with Crippen molar-refractivity contribution >= 4 is 57.4 Å². The number of methoxy groups -OCH3 is 1. The highest BCUT2D eigenvalue weighted by Crippen LogP contribution is 2.31. The van der Waals surface area contributed by atoms with Gasteiger partial charge in [0.05, 0.1) is 18.4 Å². The number of carbonyl (C=O) groups excluding carboxylic acids is 1. The van der Waals surface area contributed by atoms with Crippen molar-refractivity contribution in [3.05, 3.63) is 55.1 Å². The molecule has 0 atom stereocenters. The van der Waals surface area contributed by atoms with Gasteiger partial charge in [-0.25, -0.2) is 0 Å². The van der Waals surface area contributed by atoms with Crippen LogP contribution in [0, 0.1) is 10.5 Å². The van der Waals surface area contributed by atoms with Crippen LogP contribution in [0.15, 0.2) is 30.3 Å². The van der Waals surface area contributed by atoms with Crippen LogP contribution in [0.25, 0.3) is 0 Å². The fourth-order valence-corrected chi connectivity index (χ4v) is 2.70. The molecule has 1 N–H and O–H groups in total. The third kappa shape index (κ3) is 3.81. The monoisotopic (exact) mass is 435 g/mol. The number of benzene rings is 2. The smallest absolute Gasteiger partial charge is 0.256 e. The Kier molecular flexibility index (Phi) is 5.35. The first-order chi connectivity index (χ1) is 9.92. The molecule has 0 heterocycles. The van der Waals surface area contributed by atoms with Gasteiger partial charge in [0, 0.05) is 19.7 Å². The fourth-order valence-electron chi connectivity index (χ4n) is 1.79. The summed E-state index contributed by atoms with van der Waals surface area (Å²) in [5.41, 5.74) is 1.94. The molecule has 2 aromatic carbocycles. The van der Waals surface area contributed by atoms with Crippen molar-refractivity contribution in [1.29, 1.82) is 0 Å². The summed E-state index contributed by atoms with van der Waals surface area (Å²) < 4.78 is 6.06. The second kappa shape index (κ2) is 6.85. The van der Waals surface area contributed by atoms with Gasteiger partial charge in [-0.15, -0.1) is 0 Å². The highest BCUT2D eigenvalue weighted by Gasteiger charge is 2.14. The van der Waals surface area contributed by atoms with Crippen molar-refractivity contribution in [2.45, 2.75) is 6.92 Å². The summed E-state index contributed by atoms with van der Waals surface area (Å²) in [5.74, 6) is 0.262. The number of aryl methyl sites for hydroxylation is 1. The zero-order valence-corrected chi connectivity index (χ0v) is 15.0. The van der Waals surface area contributed by atoms with E-state index in [0.717, 1.165) is 9.13 Å². The van der Waals surface area contributed by atoms with Crippen molar-refractivity contribution in [1.82, 2.24) is 0 Å². The first kappa shape index (κ1) is 16.4. The molecule has 0 fully saturated rings. The summed E-state index contributed by atoms with van der Waals surface area (Å²) in [6.45, 7) is 1.86. The van der Waals surface area contributed by atoms with Gasteiger partial charge < -0.3 is 10.1 Å². The van der Waals surface area contributed by atoms with Gasteiger partial charge in [0.15, 0.2) is 0 Å². The molecule has 2 rings (SSSR count). The number of halogens is 3. The van der Waals surface area contributed by atoms with Crippen molar-refractivity contribution in [3.8, 4) is 5.75 Å². The Morgan fingerprint density at radius 1 is 1.24 bits per heavy atom. The van der Waals surface area contributed by atoms with Crippen LogP contribution in [0.4, 0.5) is 5.69 Å². The van der Waals surface area contributed by atoms with Gasteiger partial charge in [0.2, 0.25) is 0 Å². The summed E-state index contributed by atoms with van der Waals surface area (Å²) in [4.78, 5) is 12.4. The van der Waals surface area contributed by atoms with Crippen LogP contribution in [0.1, 0.15) is 15.9 Å². The lowest BCUT2D eigenvalue weighted by Crippen LogP contribution is -2.14. The van der Waals surface area contributed by atoms with Crippen LogP contribution >= 0.6 is 45.8 Å².